The number of methoxy groups -OCH3 is 1. The maximum absolute atomic E-state index is 11.9. The van der Waals surface area contributed by atoms with Crippen LogP contribution in [0.1, 0.15) is 21.6 Å². The zero-order valence-corrected chi connectivity index (χ0v) is 20.1. The molecular formula is C20H20BrCl2N5O4. The summed E-state index contributed by atoms with van der Waals surface area (Å²) in [4.78, 5) is 11.9. The Morgan fingerprint density at radius 3 is 2.72 bits per heavy atom. The second kappa shape index (κ2) is 11.4. The summed E-state index contributed by atoms with van der Waals surface area (Å²) in [5, 5.41) is 13.8. The second-order valence-electron chi connectivity index (χ2n) is 6.56. The molecule has 1 aromatic heterocycles. The summed E-state index contributed by atoms with van der Waals surface area (Å²) in [5.74, 6) is 0.641. The molecule has 0 fully saturated rings. The summed E-state index contributed by atoms with van der Waals surface area (Å²) in [6.45, 7) is 1.69. The first-order chi connectivity index (χ1) is 15.4. The Morgan fingerprint density at radius 1 is 1.22 bits per heavy atom. The smallest absolute Gasteiger partial charge is 0.277 e. The Kier molecular flexibility index (Phi) is 8.57. The van der Waals surface area contributed by atoms with Gasteiger partial charge in [0.2, 0.25) is 11.5 Å². The molecule has 0 aliphatic rings. The monoisotopic (exact) mass is 543 g/mol. The van der Waals surface area contributed by atoms with Gasteiger partial charge in [-0.3, -0.25) is 4.79 Å². The van der Waals surface area contributed by atoms with Crippen molar-refractivity contribution in [2.24, 2.45) is 0 Å². The number of hydrogen-bond acceptors (Lipinski definition) is 8. The van der Waals surface area contributed by atoms with Crippen molar-refractivity contribution in [1.82, 2.24) is 20.9 Å². The number of nitrogens with zero attached hydrogens (tertiary/aromatic N) is 2. The van der Waals surface area contributed by atoms with Crippen molar-refractivity contribution in [1.29, 1.82) is 0 Å². The fourth-order valence-corrected chi connectivity index (χ4v) is 3.80. The van der Waals surface area contributed by atoms with E-state index in [9.17, 15) is 4.79 Å². The van der Waals surface area contributed by atoms with Crippen LogP contribution in [-0.4, -0.2) is 36.4 Å². The van der Waals surface area contributed by atoms with Gasteiger partial charge in [-0.25, -0.2) is 4.63 Å². The van der Waals surface area contributed by atoms with Crippen molar-refractivity contribution in [3.8, 4) is 11.5 Å². The molecule has 1 heterocycles. The van der Waals surface area contributed by atoms with E-state index in [1.165, 1.54) is 0 Å². The number of hydrogen-bond donors (Lipinski definition) is 3. The lowest BCUT2D eigenvalue weighted by Crippen LogP contribution is -2.32. The Hall–Kier alpha value is -2.53. The molecule has 9 nitrogen and oxygen atoms in total. The molecule has 0 aliphatic carbocycles. The van der Waals surface area contributed by atoms with E-state index in [4.69, 9.17) is 38.4 Å². The minimum absolute atomic E-state index is 0.0332. The van der Waals surface area contributed by atoms with Crippen LogP contribution >= 0.6 is 39.1 Å². The van der Waals surface area contributed by atoms with Crippen molar-refractivity contribution >= 4 is 50.9 Å². The third-order valence-corrected chi connectivity index (χ3v) is 5.50. The lowest BCUT2D eigenvalue weighted by atomic mass is 10.2. The Bertz CT molecular complexity index is 1100. The van der Waals surface area contributed by atoms with Crippen LogP contribution in [-0.2, 0) is 13.2 Å². The largest absolute Gasteiger partial charge is 0.493 e. The number of nitrogen functional groups attached to an aromatic ring is 1. The summed E-state index contributed by atoms with van der Waals surface area (Å²) in [6, 6.07) is 9.04. The van der Waals surface area contributed by atoms with E-state index in [0.29, 0.717) is 41.2 Å². The average molecular weight is 545 g/mol. The molecule has 0 unspecified atom stereocenters. The van der Waals surface area contributed by atoms with Crippen LogP contribution < -0.4 is 25.8 Å². The molecule has 0 saturated carbocycles. The molecule has 3 aromatic rings. The molecule has 1 amide bonds. The number of halogens is 3. The highest BCUT2D eigenvalue weighted by Crippen LogP contribution is 2.37. The molecule has 170 valence electrons. The number of rotatable bonds is 10. The normalized spacial score (nSPS) is 10.8. The fourth-order valence-electron chi connectivity index (χ4n) is 2.74. The predicted molar refractivity (Wildman–Crippen MR) is 124 cm³/mol. The van der Waals surface area contributed by atoms with Crippen molar-refractivity contribution in [3.63, 3.8) is 0 Å². The SMILES string of the molecule is COc1cc(CNCCNC(=O)c2nonc2N)cc(Br)c1OCc1ccc(Cl)cc1Cl. The molecule has 2 aromatic carbocycles. The molecule has 12 heteroatoms. The molecule has 0 aliphatic heterocycles. The Morgan fingerprint density at radius 2 is 2.03 bits per heavy atom. The third kappa shape index (κ3) is 6.26. The molecule has 0 radical (unpaired) electrons. The summed E-state index contributed by atoms with van der Waals surface area (Å²) >= 11 is 15.7. The first-order valence-electron chi connectivity index (χ1n) is 9.39. The summed E-state index contributed by atoms with van der Waals surface area (Å²) in [6.07, 6.45) is 0. The van der Waals surface area contributed by atoms with Crippen LogP contribution in [0.15, 0.2) is 39.4 Å². The maximum atomic E-state index is 11.9. The van der Waals surface area contributed by atoms with Crippen molar-refractivity contribution in [3.05, 3.63) is 61.7 Å². The van der Waals surface area contributed by atoms with Gasteiger partial charge in [-0.05, 0) is 56.1 Å². The van der Waals surface area contributed by atoms with Gasteiger partial charge in [0, 0.05) is 35.2 Å². The van der Waals surface area contributed by atoms with Gasteiger partial charge in [0.05, 0.1) is 11.6 Å². The van der Waals surface area contributed by atoms with E-state index in [1.54, 1.807) is 19.2 Å². The topological polar surface area (TPSA) is 125 Å². The fraction of sp³-hybridized carbons (Fsp3) is 0.250. The summed E-state index contributed by atoms with van der Waals surface area (Å²) < 4.78 is 16.6. The third-order valence-electron chi connectivity index (χ3n) is 4.32. The van der Waals surface area contributed by atoms with Gasteiger partial charge in [-0.2, -0.15) is 0 Å². The van der Waals surface area contributed by atoms with Gasteiger partial charge in [0.1, 0.15) is 6.61 Å². The second-order valence-corrected chi connectivity index (χ2v) is 8.26. The molecule has 4 N–H and O–H groups in total. The number of benzene rings is 2. The van der Waals surface area contributed by atoms with Crippen LogP contribution in [0.2, 0.25) is 10.0 Å². The molecule has 0 saturated heterocycles. The lowest BCUT2D eigenvalue weighted by Gasteiger charge is -2.15. The molecule has 0 bridgehead atoms. The quantitative estimate of drug-likeness (QED) is 0.329. The standard InChI is InChI=1S/C20H20BrCl2N5O4/c1-30-16-7-11(9-25-4-5-26-20(29)17-19(24)28-32-27-17)6-14(21)18(16)31-10-12-2-3-13(22)8-15(12)23/h2-3,6-8,25H,4-5,9-10H2,1H3,(H2,24,28)(H,26,29). The van der Waals surface area contributed by atoms with E-state index < -0.39 is 5.91 Å². The predicted octanol–water partition coefficient (Wildman–Crippen LogP) is 3.83. The van der Waals surface area contributed by atoms with Crippen molar-refractivity contribution in [2.75, 3.05) is 25.9 Å². The molecule has 32 heavy (non-hydrogen) atoms. The molecule has 3 rings (SSSR count). The van der Waals surface area contributed by atoms with Gasteiger partial charge in [-0.15, -0.1) is 0 Å². The number of carbonyl (C=O) groups is 1. The van der Waals surface area contributed by atoms with Crippen LogP contribution in [0, 0.1) is 0 Å². The van der Waals surface area contributed by atoms with Crippen LogP contribution in [0.4, 0.5) is 5.82 Å². The molecular weight excluding hydrogens is 525 g/mol. The highest BCUT2D eigenvalue weighted by atomic mass is 79.9. The van der Waals surface area contributed by atoms with Gasteiger partial charge >= 0.3 is 0 Å². The lowest BCUT2D eigenvalue weighted by molar-refractivity contribution is 0.0944. The van der Waals surface area contributed by atoms with Gasteiger partial charge in [0.15, 0.2) is 11.5 Å². The van der Waals surface area contributed by atoms with Crippen molar-refractivity contribution in [2.45, 2.75) is 13.2 Å². The van der Waals surface area contributed by atoms with Crippen LogP contribution in [0.3, 0.4) is 0 Å². The van der Waals surface area contributed by atoms with Gasteiger partial charge in [-0.1, -0.05) is 29.3 Å². The van der Waals surface area contributed by atoms with Gasteiger partial charge < -0.3 is 25.8 Å². The highest BCUT2D eigenvalue weighted by Gasteiger charge is 2.15. The maximum Gasteiger partial charge on any atom is 0.277 e. The summed E-state index contributed by atoms with van der Waals surface area (Å²) in [5.41, 5.74) is 7.22. The van der Waals surface area contributed by atoms with E-state index in [2.05, 4.69) is 41.5 Å². The van der Waals surface area contributed by atoms with E-state index in [1.807, 2.05) is 18.2 Å². The minimum Gasteiger partial charge on any atom is -0.493 e. The Balaban J connectivity index is 1.52. The molecule has 0 atom stereocenters. The average Bonchev–Trinajstić information content (AvgIpc) is 3.19. The minimum atomic E-state index is -0.447. The van der Waals surface area contributed by atoms with E-state index >= 15 is 0 Å². The van der Waals surface area contributed by atoms with Crippen molar-refractivity contribution < 1.29 is 18.9 Å². The first kappa shape index (κ1) is 24.1. The number of anilines is 1. The van der Waals surface area contributed by atoms with E-state index in [0.717, 1.165) is 15.6 Å². The number of ether oxygens (including phenoxy) is 2. The van der Waals surface area contributed by atoms with Crippen LogP contribution in [0.5, 0.6) is 11.5 Å². The number of nitrogens with two attached hydrogens (primary N) is 1. The number of aromatic nitrogens is 2. The first-order valence-corrected chi connectivity index (χ1v) is 10.9. The zero-order valence-electron chi connectivity index (χ0n) is 17.0. The number of amides is 1. The van der Waals surface area contributed by atoms with Gasteiger partial charge in [0.25, 0.3) is 5.91 Å². The number of carbonyl (C=O) groups excluding carboxylic acids is 1. The Labute approximate surface area is 202 Å². The zero-order chi connectivity index (χ0) is 23.1. The number of nitrogens with one attached hydrogen (secondary N) is 2. The summed E-state index contributed by atoms with van der Waals surface area (Å²) in [7, 11) is 1.57. The highest BCUT2D eigenvalue weighted by molar-refractivity contribution is 9.10. The van der Waals surface area contributed by atoms with Crippen LogP contribution in [0.25, 0.3) is 0 Å². The molecule has 0 spiro atoms. The van der Waals surface area contributed by atoms with E-state index in [-0.39, 0.29) is 18.1 Å².